The average Bonchev–Trinajstić information content (AvgIpc) is 3.33. The maximum atomic E-state index is 5.71. The lowest BCUT2D eigenvalue weighted by Crippen LogP contribution is -2.24. The van der Waals surface area contributed by atoms with Crippen molar-refractivity contribution in [3.8, 4) is 5.82 Å². The zero-order valence-corrected chi connectivity index (χ0v) is 17.5. The number of nitrogen functional groups attached to an aromatic ring is 1. The van der Waals surface area contributed by atoms with Gasteiger partial charge in [-0.25, -0.2) is 4.63 Å². The SMILES string of the molecule is C=C(NN=Cc1ccc(N(CCC)CCC)cc1)c1nnn(-c2nonc2N)c1C. The summed E-state index contributed by atoms with van der Waals surface area (Å²) in [5.41, 5.74) is 12.5. The Morgan fingerprint density at radius 2 is 1.93 bits per heavy atom. The van der Waals surface area contributed by atoms with Crippen LogP contribution in [0.15, 0.2) is 40.6 Å². The Morgan fingerprint density at radius 1 is 1.23 bits per heavy atom. The number of hydrogen-bond acceptors (Lipinski definition) is 9. The van der Waals surface area contributed by atoms with Crippen LogP contribution in [-0.2, 0) is 0 Å². The van der Waals surface area contributed by atoms with Gasteiger partial charge in [0.1, 0.15) is 5.69 Å². The van der Waals surface area contributed by atoms with Gasteiger partial charge in [0.25, 0.3) is 0 Å². The van der Waals surface area contributed by atoms with Gasteiger partial charge in [0.05, 0.1) is 17.6 Å². The van der Waals surface area contributed by atoms with E-state index in [0.717, 1.165) is 31.5 Å². The highest BCUT2D eigenvalue weighted by atomic mass is 16.6. The van der Waals surface area contributed by atoms with Crippen molar-refractivity contribution < 1.29 is 4.63 Å². The standard InChI is InChI=1S/C20H27N9O/c1-5-11-28(12-6-2)17-9-7-16(8-10-17)13-22-23-14(3)18-15(4)29(27-24-18)20-19(21)25-30-26-20/h7-10,13,23H,3,5-6,11-12H2,1-2,4H3,(H2,21,25). The monoisotopic (exact) mass is 409 g/mol. The number of hydrazone groups is 1. The highest BCUT2D eigenvalue weighted by Crippen LogP contribution is 2.18. The second kappa shape index (κ2) is 9.68. The molecule has 0 radical (unpaired) electrons. The summed E-state index contributed by atoms with van der Waals surface area (Å²) in [5.74, 6) is 0.411. The summed E-state index contributed by atoms with van der Waals surface area (Å²) in [6.45, 7) is 12.3. The summed E-state index contributed by atoms with van der Waals surface area (Å²) in [6, 6.07) is 8.33. The predicted octanol–water partition coefficient (Wildman–Crippen LogP) is 2.76. The smallest absolute Gasteiger partial charge is 0.243 e. The third-order valence-electron chi connectivity index (χ3n) is 4.54. The van der Waals surface area contributed by atoms with E-state index >= 15 is 0 Å². The Morgan fingerprint density at radius 3 is 2.53 bits per heavy atom. The molecule has 3 rings (SSSR count). The quantitative estimate of drug-likeness (QED) is 0.387. The number of rotatable bonds is 10. The molecule has 2 aromatic heterocycles. The van der Waals surface area contributed by atoms with Gasteiger partial charge in [0.2, 0.25) is 11.6 Å². The third kappa shape index (κ3) is 4.65. The summed E-state index contributed by atoms with van der Waals surface area (Å²) in [6.07, 6.45) is 3.98. The topological polar surface area (TPSA) is 123 Å². The van der Waals surface area contributed by atoms with Crippen LogP contribution in [0.1, 0.15) is 43.6 Å². The molecule has 0 aliphatic rings. The van der Waals surface area contributed by atoms with Crippen LogP contribution in [0.4, 0.5) is 11.5 Å². The number of anilines is 2. The molecule has 0 bridgehead atoms. The number of nitrogens with zero attached hydrogens (tertiary/aromatic N) is 7. The Bertz CT molecular complexity index is 998. The van der Waals surface area contributed by atoms with Crippen molar-refractivity contribution in [3.63, 3.8) is 0 Å². The summed E-state index contributed by atoms with van der Waals surface area (Å²) >= 11 is 0. The van der Waals surface area contributed by atoms with E-state index in [4.69, 9.17) is 5.73 Å². The molecular formula is C20H27N9O. The van der Waals surface area contributed by atoms with Crippen LogP contribution in [0.5, 0.6) is 0 Å². The van der Waals surface area contributed by atoms with E-state index in [0.29, 0.717) is 17.1 Å². The van der Waals surface area contributed by atoms with E-state index in [1.165, 1.54) is 10.4 Å². The van der Waals surface area contributed by atoms with Gasteiger partial charge in [-0.1, -0.05) is 37.8 Å². The maximum absolute atomic E-state index is 5.71. The summed E-state index contributed by atoms with van der Waals surface area (Å²) in [5, 5.41) is 19.7. The van der Waals surface area contributed by atoms with Crippen molar-refractivity contribution in [2.24, 2.45) is 5.10 Å². The van der Waals surface area contributed by atoms with Gasteiger partial charge in [-0.05, 0) is 47.8 Å². The molecule has 3 N–H and O–H groups in total. The number of nitrogens with one attached hydrogen (secondary N) is 1. The first kappa shape index (κ1) is 21.0. The molecule has 10 nitrogen and oxygen atoms in total. The highest BCUT2D eigenvalue weighted by Gasteiger charge is 2.17. The largest absolute Gasteiger partial charge is 0.378 e. The molecule has 0 saturated carbocycles. The zero-order chi connectivity index (χ0) is 21.5. The van der Waals surface area contributed by atoms with E-state index in [1.54, 1.807) is 6.21 Å². The molecular weight excluding hydrogens is 382 g/mol. The molecule has 0 spiro atoms. The van der Waals surface area contributed by atoms with Crippen LogP contribution in [0.2, 0.25) is 0 Å². The normalized spacial score (nSPS) is 11.2. The second-order valence-electron chi connectivity index (χ2n) is 6.84. The Hall–Kier alpha value is -3.69. The van der Waals surface area contributed by atoms with Gasteiger partial charge in [-0.2, -0.15) is 9.78 Å². The van der Waals surface area contributed by atoms with Crippen molar-refractivity contribution in [1.82, 2.24) is 30.7 Å². The third-order valence-corrected chi connectivity index (χ3v) is 4.54. The second-order valence-corrected chi connectivity index (χ2v) is 6.84. The number of nitrogens with two attached hydrogens (primary N) is 1. The lowest BCUT2D eigenvalue weighted by Gasteiger charge is -2.23. The van der Waals surface area contributed by atoms with Gasteiger partial charge >= 0.3 is 0 Å². The molecule has 1 aromatic carbocycles. The average molecular weight is 409 g/mol. The summed E-state index contributed by atoms with van der Waals surface area (Å²) < 4.78 is 6.05. The molecule has 10 heteroatoms. The number of hydrogen-bond donors (Lipinski definition) is 2. The fraction of sp³-hybridized carbons (Fsp3) is 0.350. The molecule has 158 valence electrons. The number of aromatic nitrogens is 5. The molecule has 0 aliphatic heterocycles. The minimum atomic E-state index is 0.131. The van der Waals surface area contributed by atoms with Gasteiger partial charge in [0.15, 0.2) is 0 Å². The van der Waals surface area contributed by atoms with Crippen molar-refractivity contribution in [1.29, 1.82) is 0 Å². The lowest BCUT2D eigenvalue weighted by molar-refractivity contribution is 0.306. The minimum Gasteiger partial charge on any atom is -0.378 e. The molecule has 0 aliphatic carbocycles. The molecule has 3 aromatic rings. The van der Waals surface area contributed by atoms with E-state index < -0.39 is 0 Å². The molecule has 2 heterocycles. The molecule has 30 heavy (non-hydrogen) atoms. The van der Waals surface area contributed by atoms with Crippen LogP contribution >= 0.6 is 0 Å². The van der Waals surface area contributed by atoms with E-state index in [-0.39, 0.29) is 11.6 Å². The van der Waals surface area contributed by atoms with Gasteiger partial charge in [0, 0.05) is 18.8 Å². The van der Waals surface area contributed by atoms with E-state index in [9.17, 15) is 0 Å². The Balaban J connectivity index is 1.64. The first-order valence-corrected chi connectivity index (χ1v) is 9.89. The van der Waals surface area contributed by atoms with E-state index in [2.05, 4.69) is 73.2 Å². The molecule has 0 unspecified atom stereocenters. The van der Waals surface area contributed by atoms with Crippen LogP contribution in [0.3, 0.4) is 0 Å². The first-order chi connectivity index (χ1) is 14.5. The van der Waals surface area contributed by atoms with Gasteiger partial charge in [-0.15, -0.1) is 5.10 Å². The first-order valence-electron chi connectivity index (χ1n) is 9.89. The van der Waals surface area contributed by atoms with Crippen molar-refractivity contribution in [2.75, 3.05) is 23.7 Å². The Labute approximate surface area is 175 Å². The van der Waals surface area contributed by atoms with Crippen molar-refractivity contribution in [3.05, 3.63) is 47.8 Å². The maximum Gasteiger partial charge on any atom is 0.243 e. The van der Waals surface area contributed by atoms with E-state index in [1.807, 2.05) is 19.1 Å². The molecule has 0 saturated heterocycles. The van der Waals surface area contributed by atoms with Gasteiger partial charge in [-0.3, -0.25) is 5.43 Å². The van der Waals surface area contributed by atoms with Crippen LogP contribution < -0.4 is 16.1 Å². The van der Waals surface area contributed by atoms with Crippen LogP contribution in [0.25, 0.3) is 11.5 Å². The summed E-state index contributed by atoms with van der Waals surface area (Å²) in [4.78, 5) is 2.39. The number of benzene rings is 1. The van der Waals surface area contributed by atoms with Crippen molar-refractivity contribution in [2.45, 2.75) is 33.6 Å². The van der Waals surface area contributed by atoms with Crippen LogP contribution in [0, 0.1) is 6.92 Å². The van der Waals surface area contributed by atoms with Crippen LogP contribution in [-0.4, -0.2) is 44.6 Å². The van der Waals surface area contributed by atoms with Crippen molar-refractivity contribution >= 4 is 23.4 Å². The molecule has 0 amide bonds. The highest BCUT2D eigenvalue weighted by molar-refractivity contribution is 5.80. The molecule has 0 fully saturated rings. The lowest BCUT2D eigenvalue weighted by atomic mass is 10.2. The minimum absolute atomic E-state index is 0.131. The Kier molecular flexibility index (Phi) is 6.79. The van der Waals surface area contributed by atoms with Gasteiger partial charge < -0.3 is 10.6 Å². The zero-order valence-electron chi connectivity index (χ0n) is 17.5. The fourth-order valence-electron chi connectivity index (χ4n) is 3.07. The predicted molar refractivity (Wildman–Crippen MR) is 117 cm³/mol. The molecule has 0 atom stereocenters. The fourth-order valence-corrected chi connectivity index (χ4v) is 3.07. The summed E-state index contributed by atoms with van der Waals surface area (Å²) in [7, 11) is 0.